The number of hydrogen-bond donors (Lipinski definition) is 3. The number of carbonyl (C=O) groups excluding carboxylic acids is 3. The van der Waals surface area contributed by atoms with Gasteiger partial charge in [-0.15, -0.1) is 0 Å². The number of rotatable bonds is 11. The molecule has 3 heterocycles. The highest BCUT2D eigenvalue weighted by molar-refractivity contribution is 6.09. The third-order valence-corrected chi connectivity index (χ3v) is 8.01. The van der Waals surface area contributed by atoms with Crippen molar-refractivity contribution in [2.24, 2.45) is 0 Å². The number of halogens is 2. The van der Waals surface area contributed by atoms with Gasteiger partial charge in [0.25, 0.3) is 5.92 Å². The van der Waals surface area contributed by atoms with Gasteiger partial charge in [-0.1, -0.05) is 25.1 Å². The number of para-hydroxylation sites is 1. The van der Waals surface area contributed by atoms with Crippen LogP contribution in [0.1, 0.15) is 58.4 Å². The minimum absolute atomic E-state index is 0.0175. The molecular weight excluding hydrogens is 544 g/mol. The van der Waals surface area contributed by atoms with Crippen LogP contribution >= 0.6 is 0 Å². The Kier molecular flexibility index (Phi) is 9.30. The predicted molar refractivity (Wildman–Crippen MR) is 157 cm³/mol. The van der Waals surface area contributed by atoms with Gasteiger partial charge >= 0.3 is 0 Å². The summed E-state index contributed by atoms with van der Waals surface area (Å²) < 4.78 is 31.4. The number of H-pyrrole nitrogens is 1. The van der Waals surface area contributed by atoms with Crippen LogP contribution in [0.4, 0.5) is 14.5 Å². The number of hydrogen-bond acceptors (Lipinski definition) is 6. The molecule has 1 aliphatic heterocycles. The molecule has 42 heavy (non-hydrogen) atoms. The van der Waals surface area contributed by atoms with Crippen molar-refractivity contribution in [3.05, 3.63) is 54.4 Å². The summed E-state index contributed by atoms with van der Waals surface area (Å²) in [6.07, 6.45) is 6.02. The van der Waals surface area contributed by atoms with Crippen LogP contribution in [0.2, 0.25) is 0 Å². The second-order valence-electron chi connectivity index (χ2n) is 11.4. The van der Waals surface area contributed by atoms with Gasteiger partial charge < -0.3 is 30.0 Å². The molecule has 0 bridgehead atoms. The first-order chi connectivity index (χ1) is 20.0. The maximum absolute atomic E-state index is 13.2. The Balaban J connectivity index is 0.000000262. The summed E-state index contributed by atoms with van der Waals surface area (Å²) >= 11 is 0. The maximum Gasteiger partial charge on any atom is 0.252 e. The smallest absolute Gasteiger partial charge is 0.252 e. The molecule has 226 valence electrons. The molecule has 5 rings (SSSR count). The molecule has 2 atom stereocenters. The Labute approximate surface area is 244 Å². The number of likely N-dealkylation sites (N-methyl/N-ethyl adjacent to an activating group) is 1. The van der Waals surface area contributed by atoms with Gasteiger partial charge in [-0.25, -0.2) is 13.8 Å². The van der Waals surface area contributed by atoms with Crippen LogP contribution in [0, 0.1) is 0 Å². The molecule has 11 heteroatoms. The van der Waals surface area contributed by atoms with Crippen molar-refractivity contribution in [2.45, 2.75) is 75.9 Å². The largest absolute Gasteiger partial charge is 0.489 e. The molecule has 1 aromatic carbocycles. The Bertz CT molecular complexity index is 1420. The van der Waals surface area contributed by atoms with Crippen LogP contribution in [0.3, 0.4) is 0 Å². The van der Waals surface area contributed by atoms with Gasteiger partial charge in [-0.2, -0.15) is 0 Å². The lowest BCUT2D eigenvalue weighted by Gasteiger charge is -2.47. The monoisotopic (exact) mass is 583 g/mol. The van der Waals surface area contributed by atoms with Crippen molar-refractivity contribution >= 4 is 34.8 Å². The van der Waals surface area contributed by atoms with Crippen LogP contribution < -0.4 is 20.3 Å². The number of fused-ring (bicyclic) bond motifs is 2. The van der Waals surface area contributed by atoms with Gasteiger partial charge in [0.15, 0.2) is 0 Å². The second-order valence-corrected chi connectivity index (χ2v) is 11.4. The number of ether oxygens (including phenoxy) is 1. The van der Waals surface area contributed by atoms with Crippen LogP contribution in [0.5, 0.6) is 5.75 Å². The first kappa shape index (κ1) is 31.1. The summed E-state index contributed by atoms with van der Waals surface area (Å²) in [4.78, 5) is 44.1. The molecule has 2 amide bonds. The lowest BCUT2D eigenvalue weighted by atomic mass is 9.73. The molecule has 1 saturated carbocycles. The maximum atomic E-state index is 13.2. The summed E-state index contributed by atoms with van der Waals surface area (Å²) in [5.41, 5.74) is 1.27. The van der Waals surface area contributed by atoms with Gasteiger partial charge in [0.05, 0.1) is 29.8 Å². The predicted octanol–water partition coefficient (Wildman–Crippen LogP) is 4.51. The molecule has 3 N–H and O–H groups in total. The van der Waals surface area contributed by atoms with E-state index in [1.54, 1.807) is 18.1 Å². The number of carbonyl (C=O) groups is 3. The van der Waals surface area contributed by atoms with Gasteiger partial charge in [0, 0.05) is 43.6 Å². The number of amides is 2. The fraction of sp³-hybridized carbons (Fsp3) is 0.484. The quantitative estimate of drug-likeness (QED) is 0.286. The zero-order chi connectivity index (χ0) is 30.5. The van der Waals surface area contributed by atoms with E-state index in [1.165, 1.54) is 6.92 Å². The number of aldehydes is 1. The van der Waals surface area contributed by atoms with Crippen molar-refractivity contribution in [1.29, 1.82) is 0 Å². The molecule has 0 radical (unpaired) electrons. The SMILES string of the molecule is CCC(CC[C@]1(C)C(=O)N(CC=O)c2ccccc21)Oc1cnc2[nH]ccc2c1.CNCC1(NC(C)=O)CC(F)(F)C1. The van der Waals surface area contributed by atoms with E-state index in [0.29, 0.717) is 13.0 Å². The van der Waals surface area contributed by atoms with Gasteiger partial charge in [0.1, 0.15) is 17.7 Å². The molecular formula is C31H39F2N5O4. The summed E-state index contributed by atoms with van der Waals surface area (Å²) in [7, 11) is 1.68. The molecule has 1 fully saturated rings. The average molecular weight is 584 g/mol. The van der Waals surface area contributed by atoms with Crippen molar-refractivity contribution in [2.75, 3.05) is 25.0 Å². The number of nitrogens with zero attached hydrogens (tertiary/aromatic N) is 2. The van der Waals surface area contributed by atoms with Crippen LogP contribution in [0.15, 0.2) is 48.8 Å². The Hall–Kier alpha value is -3.86. The Morgan fingerprint density at radius 2 is 2.00 bits per heavy atom. The number of aromatic amines is 1. The molecule has 2 aromatic heterocycles. The van der Waals surface area contributed by atoms with Gasteiger partial charge in [-0.05, 0) is 57.0 Å². The summed E-state index contributed by atoms with van der Waals surface area (Å²) in [6, 6.07) is 11.7. The van der Waals surface area contributed by atoms with Crippen LogP contribution in [-0.2, 0) is 19.8 Å². The standard InChI is InChI=1S/C23H25N3O3.C8H14F2N2O/c1-3-17(29-18-14-16-9-11-24-21(16)25-15-18)8-10-23(2)19-6-4-5-7-20(19)26(12-13-27)22(23)28;1-6(13)12-7(5-11-2)3-8(9,10)4-7/h4-7,9,11,13-15,17H,3,8,10,12H2,1-2H3,(H,24,25);11H,3-5H2,1-2H3,(H,12,13)/t17?,23-;/m0./s1. The average Bonchev–Trinajstić information content (AvgIpc) is 3.47. The van der Waals surface area contributed by atoms with E-state index >= 15 is 0 Å². The molecule has 9 nitrogen and oxygen atoms in total. The van der Waals surface area contributed by atoms with Crippen LogP contribution in [-0.4, -0.2) is 65.8 Å². The Morgan fingerprint density at radius 3 is 2.64 bits per heavy atom. The Morgan fingerprint density at radius 1 is 1.26 bits per heavy atom. The van der Waals surface area contributed by atoms with E-state index in [9.17, 15) is 23.2 Å². The number of nitrogens with one attached hydrogen (secondary N) is 3. The number of anilines is 1. The molecule has 1 unspecified atom stereocenters. The van der Waals surface area contributed by atoms with Crippen LogP contribution in [0.25, 0.3) is 11.0 Å². The fourth-order valence-electron chi connectivity index (χ4n) is 6.08. The van der Waals surface area contributed by atoms with Gasteiger partial charge in [-0.3, -0.25) is 9.59 Å². The molecule has 2 aliphatic rings. The fourth-order valence-corrected chi connectivity index (χ4v) is 6.08. The van der Waals surface area contributed by atoms with E-state index in [-0.39, 0.29) is 37.3 Å². The highest BCUT2D eigenvalue weighted by Crippen LogP contribution is 2.46. The second kappa shape index (κ2) is 12.6. The number of aromatic nitrogens is 2. The van der Waals surface area contributed by atoms with Crippen molar-refractivity contribution < 1.29 is 27.9 Å². The first-order valence-corrected chi connectivity index (χ1v) is 14.2. The zero-order valence-electron chi connectivity index (χ0n) is 24.5. The molecule has 3 aromatic rings. The lowest BCUT2D eigenvalue weighted by Crippen LogP contribution is -2.66. The van der Waals surface area contributed by atoms with E-state index in [0.717, 1.165) is 47.2 Å². The van der Waals surface area contributed by atoms with Crippen molar-refractivity contribution in [3.8, 4) is 5.75 Å². The van der Waals surface area contributed by atoms with E-state index < -0.39 is 16.9 Å². The summed E-state index contributed by atoms with van der Waals surface area (Å²) in [5.74, 6) is -2.16. The lowest BCUT2D eigenvalue weighted by molar-refractivity contribution is -0.145. The van der Waals surface area contributed by atoms with E-state index in [4.69, 9.17) is 4.74 Å². The topological polar surface area (TPSA) is 116 Å². The third-order valence-electron chi connectivity index (χ3n) is 8.01. The molecule has 1 aliphatic carbocycles. The number of benzene rings is 1. The number of alkyl halides is 2. The molecule has 0 saturated heterocycles. The number of pyridine rings is 1. The van der Waals surface area contributed by atoms with E-state index in [2.05, 4.69) is 27.5 Å². The molecule has 0 spiro atoms. The highest BCUT2D eigenvalue weighted by Gasteiger charge is 2.56. The first-order valence-electron chi connectivity index (χ1n) is 14.2. The van der Waals surface area contributed by atoms with Crippen molar-refractivity contribution in [3.63, 3.8) is 0 Å². The minimum Gasteiger partial charge on any atom is -0.489 e. The highest BCUT2D eigenvalue weighted by atomic mass is 19.3. The third kappa shape index (κ3) is 6.61. The zero-order valence-corrected chi connectivity index (χ0v) is 24.5. The summed E-state index contributed by atoms with van der Waals surface area (Å²) in [6.45, 7) is 5.87. The van der Waals surface area contributed by atoms with Gasteiger partial charge in [0.2, 0.25) is 11.8 Å². The minimum atomic E-state index is -2.61. The normalized spacial score (nSPS) is 20.6. The van der Waals surface area contributed by atoms with E-state index in [1.807, 2.05) is 49.5 Å². The summed E-state index contributed by atoms with van der Waals surface area (Å²) in [5, 5.41) is 6.38. The van der Waals surface area contributed by atoms with Crippen molar-refractivity contribution in [1.82, 2.24) is 20.6 Å².